The lowest BCUT2D eigenvalue weighted by Crippen LogP contribution is -1.88. The van der Waals surface area contributed by atoms with E-state index in [4.69, 9.17) is 0 Å². The molecule has 2 aromatic carbocycles. The van der Waals surface area contributed by atoms with E-state index >= 15 is 0 Å². The topological polar surface area (TPSA) is 0 Å². The summed E-state index contributed by atoms with van der Waals surface area (Å²) < 4.78 is 2.16. The van der Waals surface area contributed by atoms with Gasteiger partial charge in [0.15, 0.2) is 0 Å². The second-order valence-electron chi connectivity index (χ2n) is 3.50. The molecule has 0 radical (unpaired) electrons. The van der Waals surface area contributed by atoms with Gasteiger partial charge in [-0.2, -0.15) is 0 Å². The van der Waals surface area contributed by atoms with Gasteiger partial charge in [0.2, 0.25) is 0 Å². The molecule has 3 heteroatoms. The smallest absolute Gasteiger partial charge is 0.0333 e. The van der Waals surface area contributed by atoms with Crippen molar-refractivity contribution in [2.75, 3.05) is 0 Å². The third-order valence-electron chi connectivity index (χ3n) is 2.60. The first kappa shape index (κ1) is 13.1. The van der Waals surface area contributed by atoms with Gasteiger partial charge in [-0.15, -0.1) is 0 Å². The van der Waals surface area contributed by atoms with Crippen LogP contribution in [0.15, 0.2) is 44.8 Å². The van der Waals surface area contributed by atoms with Gasteiger partial charge in [-0.25, -0.2) is 0 Å². The van der Waals surface area contributed by atoms with Crippen molar-refractivity contribution in [1.29, 1.82) is 0 Å². The maximum Gasteiger partial charge on any atom is 0.0333 e. The Kier molecular flexibility index (Phi) is 4.23. The van der Waals surface area contributed by atoms with Gasteiger partial charge < -0.3 is 0 Å². The molecular formula is C14H9Br3. The molecule has 0 saturated heterocycles. The van der Waals surface area contributed by atoms with Gasteiger partial charge in [0.1, 0.15) is 0 Å². The van der Waals surface area contributed by atoms with E-state index in [0.29, 0.717) is 0 Å². The van der Waals surface area contributed by atoms with Crippen LogP contribution in [0.3, 0.4) is 0 Å². The molecule has 0 saturated carbocycles. The second kappa shape index (κ2) is 5.51. The maximum atomic E-state index is 3.88. The summed E-state index contributed by atoms with van der Waals surface area (Å²) in [6.07, 6.45) is 3.88. The minimum absolute atomic E-state index is 1.08. The molecule has 0 heterocycles. The molecule has 0 aliphatic carbocycles. The molecule has 2 aromatic rings. The molecule has 86 valence electrons. The Morgan fingerprint density at radius 3 is 1.94 bits per heavy atom. The van der Waals surface area contributed by atoms with Gasteiger partial charge >= 0.3 is 0 Å². The predicted molar refractivity (Wildman–Crippen MR) is 87.4 cm³/mol. The summed E-state index contributed by atoms with van der Waals surface area (Å²) in [6.45, 7) is 3.88. The first-order chi connectivity index (χ1) is 8.20. The summed E-state index contributed by atoms with van der Waals surface area (Å²) in [5.74, 6) is 0. The number of rotatable bonds is 2. The molecule has 17 heavy (non-hydrogen) atoms. The van der Waals surface area contributed by atoms with E-state index in [0.717, 1.165) is 20.1 Å². The van der Waals surface area contributed by atoms with Crippen molar-refractivity contribution >= 4 is 70.7 Å². The summed E-state index contributed by atoms with van der Waals surface area (Å²) in [6, 6.07) is 8.27. The lowest BCUT2D eigenvalue weighted by atomic mass is 10.0. The maximum absolute atomic E-state index is 3.88. The molecular weight excluding hydrogens is 408 g/mol. The average Bonchev–Trinajstić information content (AvgIpc) is 2.36. The molecule has 0 bridgehead atoms. The van der Waals surface area contributed by atoms with Crippen LogP contribution in [0.5, 0.6) is 0 Å². The Labute approximate surface area is 126 Å². The Morgan fingerprint density at radius 2 is 1.47 bits per heavy atom. The van der Waals surface area contributed by atoms with Crippen LogP contribution in [-0.2, 0) is 0 Å². The number of hydrogen-bond acceptors (Lipinski definition) is 0. The van der Waals surface area contributed by atoms with E-state index in [9.17, 15) is 0 Å². The first-order valence-corrected chi connectivity index (χ1v) is 7.49. The van der Waals surface area contributed by atoms with Crippen LogP contribution in [0.4, 0.5) is 0 Å². The highest BCUT2D eigenvalue weighted by Crippen LogP contribution is 2.38. The molecule has 0 nitrogen and oxygen atoms in total. The molecule has 0 unspecified atom stereocenters. The van der Waals surface area contributed by atoms with Crippen LogP contribution in [0, 0.1) is 0 Å². The van der Waals surface area contributed by atoms with Crippen molar-refractivity contribution in [1.82, 2.24) is 0 Å². The molecule has 0 atom stereocenters. The molecule has 0 amide bonds. The van der Waals surface area contributed by atoms with Gasteiger partial charge in [0, 0.05) is 8.95 Å². The number of benzene rings is 2. The highest BCUT2D eigenvalue weighted by atomic mass is 79.9. The largest absolute Gasteiger partial charge is 0.0984 e. The summed E-state index contributed by atoms with van der Waals surface area (Å²) in [4.78, 5) is 1.85. The zero-order valence-electron chi connectivity index (χ0n) is 8.88. The van der Waals surface area contributed by atoms with Crippen LogP contribution in [0.1, 0.15) is 11.1 Å². The van der Waals surface area contributed by atoms with Crippen LogP contribution >= 0.6 is 47.8 Å². The Balaban J connectivity index is 2.98. The van der Waals surface area contributed by atoms with E-state index in [1.54, 1.807) is 0 Å². The fourth-order valence-electron chi connectivity index (χ4n) is 1.82. The fraction of sp³-hybridized carbons (Fsp3) is 0. The van der Waals surface area contributed by atoms with Crippen molar-refractivity contribution in [3.05, 3.63) is 55.9 Å². The number of fused-ring (bicyclic) bond motifs is 1. The van der Waals surface area contributed by atoms with Gasteiger partial charge in [-0.3, -0.25) is 0 Å². The van der Waals surface area contributed by atoms with Gasteiger partial charge in [-0.05, 0) is 64.8 Å². The predicted octanol–water partition coefficient (Wildman–Crippen LogP) is 6.37. The fourth-order valence-corrected chi connectivity index (χ4v) is 3.50. The molecule has 0 aliphatic rings. The standard InChI is InChI=1S/C14H9Br3/c1-2-9-12(7-8-15)14(17)11-6-4-3-5-10(11)13(9)16/h2-8H,1H2/b8-7+. The van der Waals surface area contributed by atoms with Gasteiger partial charge in [0.05, 0.1) is 0 Å². The van der Waals surface area contributed by atoms with Crippen LogP contribution < -0.4 is 0 Å². The third-order valence-corrected chi connectivity index (χ3v) is 4.57. The summed E-state index contributed by atoms with van der Waals surface area (Å²) in [5, 5.41) is 2.37. The van der Waals surface area contributed by atoms with Crippen LogP contribution in [0.2, 0.25) is 0 Å². The van der Waals surface area contributed by atoms with Gasteiger partial charge in [0.25, 0.3) is 0 Å². The number of hydrogen-bond donors (Lipinski definition) is 0. The molecule has 0 aromatic heterocycles. The van der Waals surface area contributed by atoms with Crippen molar-refractivity contribution in [3.63, 3.8) is 0 Å². The molecule has 0 spiro atoms. The quantitative estimate of drug-likeness (QED) is 0.533. The van der Waals surface area contributed by atoms with Crippen molar-refractivity contribution in [2.45, 2.75) is 0 Å². The lowest BCUT2D eigenvalue weighted by Gasteiger charge is -2.12. The molecule has 2 rings (SSSR count). The summed E-state index contributed by atoms with van der Waals surface area (Å²) in [5.41, 5.74) is 2.20. The average molecular weight is 417 g/mol. The van der Waals surface area contributed by atoms with Crippen molar-refractivity contribution in [3.8, 4) is 0 Å². The Bertz CT molecular complexity index is 612. The minimum Gasteiger partial charge on any atom is -0.0984 e. The molecule has 0 fully saturated rings. The Morgan fingerprint density at radius 1 is 0.941 bits per heavy atom. The van der Waals surface area contributed by atoms with Crippen LogP contribution in [-0.4, -0.2) is 0 Å². The van der Waals surface area contributed by atoms with Gasteiger partial charge in [-0.1, -0.05) is 52.9 Å². The van der Waals surface area contributed by atoms with E-state index < -0.39 is 0 Å². The van der Waals surface area contributed by atoms with E-state index in [1.807, 2.05) is 29.3 Å². The van der Waals surface area contributed by atoms with E-state index in [-0.39, 0.29) is 0 Å². The third kappa shape index (κ3) is 2.28. The number of halogens is 3. The van der Waals surface area contributed by atoms with E-state index in [2.05, 4.69) is 66.5 Å². The zero-order chi connectivity index (χ0) is 12.4. The van der Waals surface area contributed by atoms with E-state index in [1.165, 1.54) is 10.8 Å². The summed E-state index contributed by atoms with van der Waals surface area (Å²) in [7, 11) is 0. The highest BCUT2D eigenvalue weighted by molar-refractivity contribution is 9.11. The second-order valence-corrected chi connectivity index (χ2v) is 5.61. The SMILES string of the molecule is C=Cc1c(/C=C/Br)c(Br)c2ccccc2c1Br. The zero-order valence-corrected chi connectivity index (χ0v) is 13.6. The normalized spacial score (nSPS) is 11.2. The Hall–Kier alpha value is -0.380. The summed E-state index contributed by atoms with van der Waals surface area (Å²) >= 11 is 10.6. The molecule has 0 aliphatic heterocycles. The minimum atomic E-state index is 1.08. The van der Waals surface area contributed by atoms with Crippen molar-refractivity contribution in [2.24, 2.45) is 0 Å². The first-order valence-electron chi connectivity index (χ1n) is 4.99. The lowest BCUT2D eigenvalue weighted by molar-refractivity contribution is 1.59. The molecule has 0 N–H and O–H groups in total. The highest BCUT2D eigenvalue weighted by Gasteiger charge is 2.12. The van der Waals surface area contributed by atoms with Crippen molar-refractivity contribution < 1.29 is 0 Å². The van der Waals surface area contributed by atoms with Crippen LogP contribution in [0.25, 0.3) is 22.9 Å². The monoisotopic (exact) mass is 414 g/mol.